The number of hydrogen-bond donors (Lipinski definition) is 1. The summed E-state index contributed by atoms with van der Waals surface area (Å²) in [5.41, 5.74) is 0.338. The number of unbranched alkanes of at least 4 members (excludes halogenated alkanes) is 1. The number of carbonyl (C=O) groups excluding carboxylic acids is 2. The molecule has 0 bridgehead atoms. The number of alkyl halides is 1. The molecular formula is C23H37FN2O4. The third kappa shape index (κ3) is 11.1. The Morgan fingerprint density at radius 2 is 1.83 bits per heavy atom. The van der Waals surface area contributed by atoms with Gasteiger partial charge in [0.2, 0.25) is 0 Å². The van der Waals surface area contributed by atoms with Crippen LogP contribution in [-0.4, -0.2) is 54.9 Å². The Bertz CT molecular complexity index is 619. The van der Waals surface area contributed by atoms with Crippen molar-refractivity contribution >= 4 is 12.1 Å². The second-order valence-corrected chi connectivity index (χ2v) is 8.26. The third-order valence-corrected chi connectivity index (χ3v) is 4.41. The van der Waals surface area contributed by atoms with Crippen molar-refractivity contribution < 1.29 is 23.5 Å². The Labute approximate surface area is 180 Å². The summed E-state index contributed by atoms with van der Waals surface area (Å²) in [5, 5.41) is 2.71. The SMILES string of the molecule is CCCC[C@@H](C(=O)OCc1ccccc1)N(CCCF)CCNC(=O)OC(C)(C)C. The molecule has 0 heterocycles. The van der Waals surface area contributed by atoms with Gasteiger partial charge in [-0.05, 0) is 39.2 Å². The molecule has 7 heteroatoms. The average Bonchev–Trinajstić information content (AvgIpc) is 2.69. The van der Waals surface area contributed by atoms with Gasteiger partial charge < -0.3 is 14.8 Å². The molecule has 0 aliphatic heterocycles. The van der Waals surface area contributed by atoms with Gasteiger partial charge in [-0.1, -0.05) is 50.1 Å². The largest absolute Gasteiger partial charge is 0.460 e. The van der Waals surface area contributed by atoms with E-state index in [1.165, 1.54) is 0 Å². The normalized spacial score (nSPS) is 12.5. The molecule has 0 fully saturated rings. The van der Waals surface area contributed by atoms with E-state index in [0.29, 0.717) is 32.5 Å². The van der Waals surface area contributed by atoms with E-state index >= 15 is 0 Å². The maximum absolute atomic E-state index is 12.8. The van der Waals surface area contributed by atoms with Crippen LogP contribution in [-0.2, 0) is 20.9 Å². The second kappa shape index (κ2) is 14.0. The molecule has 30 heavy (non-hydrogen) atoms. The Kier molecular flexibility index (Phi) is 12.0. The van der Waals surface area contributed by atoms with E-state index in [1.54, 1.807) is 20.8 Å². The highest BCUT2D eigenvalue weighted by Gasteiger charge is 2.27. The average molecular weight is 425 g/mol. The van der Waals surface area contributed by atoms with E-state index in [9.17, 15) is 14.0 Å². The molecule has 170 valence electrons. The number of nitrogens with zero attached hydrogens (tertiary/aromatic N) is 1. The molecule has 1 amide bonds. The standard InChI is InChI=1S/C23H37FN2O4/c1-5-6-13-20(21(27)29-18-19-11-8-7-9-12-19)26(16-10-14-24)17-15-25-22(28)30-23(2,3)4/h7-9,11-12,20H,5-6,10,13-18H2,1-4H3,(H,25,28)/t20-/m0/s1. The smallest absolute Gasteiger partial charge is 0.407 e. The third-order valence-electron chi connectivity index (χ3n) is 4.41. The van der Waals surface area contributed by atoms with E-state index in [-0.39, 0.29) is 12.6 Å². The molecule has 0 radical (unpaired) electrons. The number of esters is 1. The van der Waals surface area contributed by atoms with Crippen molar-refractivity contribution in [2.45, 2.75) is 71.6 Å². The fourth-order valence-corrected chi connectivity index (χ4v) is 2.97. The van der Waals surface area contributed by atoms with Crippen molar-refractivity contribution in [1.29, 1.82) is 0 Å². The first kappa shape index (κ1) is 25.9. The van der Waals surface area contributed by atoms with Gasteiger partial charge in [0.15, 0.2) is 0 Å². The molecule has 1 rings (SSSR count). The second-order valence-electron chi connectivity index (χ2n) is 8.26. The summed E-state index contributed by atoms with van der Waals surface area (Å²) in [6.45, 7) is 8.31. The van der Waals surface area contributed by atoms with Crippen molar-refractivity contribution in [2.75, 3.05) is 26.3 Å². The van der Waals surface area contributed by atoms with Crippen molar-refractivity contribution in [2.24, 2.45) is 0 Å². The molecule has 0 saturated carbocycles. The fraction of sp³-hybridized carbons (Fsp3) is 0.652. The van der Waals surface area contributed by atoms with E-state index in [2.05, 4.69) is 12.2 Å². The quantitative estimate of drug-likeness (QED) is 0.473. The number of rotatable bonds is 13. The van der Waals surface area contributed by atoms with Crippen LogP contribution in [0.2, 0.25) is 0 Å². The van der Waals surface area contributed by atoms with Crippen molar-refractivity contribution in [3.8, 4) is 0 Å². The summed E-state index contributed by atoms with van der Waals surface area (Å²) >= 11 is 0. The minimum absolute atomic E-state index is 0.204. The van der Waals surface area contributed by atoms with Gasteiger partial charge in [-0.25, -0.2) is 4.79 Å². The lowest BCUT2D eigenvalue weighted by Gasteiger charge is -2.30. The lowest BCUT2D eigenvalue weighted by molar-refractivity contribution is -0.151. The Balaban J connectivity index is 2.72. The lowest BCUT2D eigenvalue weighted by atomic mass is 10.1. The summed E-state index contributed by atoms with van der Waals surface area (Å²) in [6, 6.07) is 9.04. The fourth-order valence-electron chi connectivity index (χ4n) is 2.97. The zero-order valence-corrected chi connectivity index (χ0v) is 18.8. The van der Waals surface area contributed by atoms with Crippen LogP contribution in [0, 0.1) is 0 Å². The number of carbonyl (C=O) groups is 2. The maximum Gasteiger partial charge on any atom is 0.407 e. The molecule has 0 aliphatic rings. The van der Waals surface area contributed by atoms with Crippen LogP contribution in [0.4, 0.5) is 9.18 Å². The molecule has 1 aromatic rings. The van der Waals surface area contributed by atoms with E-state index < -0.39 is 24.4 Å². The van der Waals surface area contributed by atoms with E-state index in [0.717, 1.165) is 18.4 Å². The van der Waals surface area contributed by atoms with Crippen LogP contribution >= 0.6 is 0 Å². The minimum atomic E-state index is -0.580. The van der Waals surface area contributed by atoms with Crippen molar-refractivity contribution in [3.63, 3.8) is 0 Å². The number of benzene rings is 1. The zero-order chi connectivity index (χ0) is 22.4. The highest BCUT2D eigenvalue weighted by molar-refractivity contribution is 5.75. The number of hydrogen-bond acceptors (Lipinski definition) is 5. The summed E-state index contributed by atoms with van der Waals surface area (Å²) < 4.78 is 23.6. The molecule has 1 N–H and O–H groups in total. The first-order valence-corrected chi connectivity index (χ1v) is 10.7. The molecule has 1 aromatic carbocycles. The Hall–Kier alpha value is -2.15. The monoisotopic (exact) mass is 424 g/mol. The topological polar surface area (TPSA) is 67.9 Å². The van der Waals surface area contributed by atoms with Crippen molar-refractivity contribution in [1.82, 2.24) is 10.2 Å². The van der Waals surface area contributed by atoms with Crippen LogP contribution in [0.15, 0.2) is 30.3 Å². The Morgan fingerprint density at radius 3 is 2.43 bits per heavy atom. The molecular weight excluding hydrogens is 387 g/mol. The van der Waals surface area contributed by atoms with Gasteiger partial charge in [0.1, 0.15) is 18.2 Å². The van der Waals surface area contributed by atoms with Crippen LogP contribution in [0.1, 0.15) is 58.9 Å². The van der Waals surface area contributed by atoms with Gasteiger partial charge >= 0.3 is 12.1 Å². The van der Waals surface area contributed by atoms with Crippen LogP contribution in [0.3, 0.4) is 0 Å². The number of ether oxygens (including phenoxy) is 2. The number of halogens is 1. The van der Waals surface area contributed by atoms with Gasteiger partial charge in [-0.3, -0.25) is 14.1 Å². The first-order valence-electron chi connectivity index (χ1n) is 10.7. The van der Waals surface area contributed by atoms with Crippen LogP contribution in [0.5, 0.6) is 0 Å². The van der Waals surface area contributed by atoms with Gasteiger partial charge in [-0.2, -0.15) is 0 Å². The minimum Gasteiger partial charge on any atom is -0.460 e. The van der Waals surface area contributed by atoms with Crippen LogP contribution < -0.4 is 5.32 Å². The van der Waals surface area contributed by atoms with Gasteiger partial charge in [0.25, 0.3) is 0 Å². The van der Waals surface area contributed by atoms with Gasteiger partial charge in [0.05, 0.1) is 6.67 Å². The molecule has 6 nitrogen and oxygen atoms in total. The molecule has 0 spiro atoms. The van der Waals surface area contributed by atoms with E-state index in [1.807, 2.05) is 35.2 Å². The molecule has 1 atom stereocenters. The van der Waals surface area contributed by atoms with Crippen LogP contribution in [0.25, 0.3) is 0 Å². The summed E-state index contributed by atoms with van der Waals surface area (Å²) in [7, 11) is 0. The molecule has 0 unspecified atom stereocenters. The molecule has 0 aromatic heterocycles. The molecule has 0 saturated heterocycles. The Morgan fingerprint density at radius 1 is 1.13 bits per heavy atom. The summed E-state index contributed by atoms with van der Waals surface area (Å²) in [6.07, 6.45) is 2.24. The number of alkyl carbamates (subject to hydrolysis) is 1. The predicted molar refractivity (Wildman–Crippen MR) is 116 cm³/mol. The van der Waals surface area contributed by atoms with Gasteiger partial charge in [0, 0.05) is 19.6 Å². The van der Waals surface area contributed by atoms with Gasteiger partial charge in [-0.15, -0.1) is 0 Å². The summed E-state index contributed by atoms with van der Waals surface area (Å²) in [5.74, 6) is -0.316. The number of nitrogens with one attached hydrogen (secondary N) is 1. The van der Waals surface area contributed by atoms with Crippen molar-refractivity contribution in [3.05, 3.63) is 35.9 Å². The molecule has 0 aliphatic carbocycles. The maximum atomic E-state index is 12.8. The van der Waals surface area contributed by atoms with E-state index in [4.69, 9.17) is 9.47 Å². The summed E-state index contributed by atoms with van der Waals surface area (Å²) in [4.78, 5) is 26.6. The first-order chi connectivity index (χ1) is 14.3. The highest BCUT2D eigenvalue weighted by atomic mass is 19.1. The highest BCUT2D eigenvalue weighted by Crippen LogP contribution is 2.14. The predicted octanol–water partition coefficient (Wildman–Crippen LogP) is 4.47. The zero-order valence-electron chi connectivity index (χ0n) is 18.8. The number of amides is 1. The lowest BCUT2D eigenvalue weighted by Crippen LogP contribution is -2.46.